The second-order valence-corrected chi connectivity index (χ2v) is 7.36. The van der Waals surface area contributed by atoms with E-state index in [4.69, 9.17) is 16.3 Å². The quantitative estimate of drug-likeness (QED) is 0.823. The summed E-state index contributed by atoms with van der Waals surface area (Å²) in [6.45, 7) is 5.60. The molecule has 1 atom stereocenters. The Hall–Kier alpha value is -2.37. The summed E-state index contributed by atoms with van der Waals surface area (Å²) in [4.78, 5) is 26.2. The number of nitrogens with zero attached hydrogens (tertiary/aromatic N) is 1. The van der Waals surface area contributed by atoms with Gasteiger partial charge in [-0.15, -0.1) is 0 Å². The van der Waals surface area contributed by atoms with Gasteiger partial charge in [-0.1, -0.05) is 41.4 Å². The summed E-state index contributed by atoms with van der Waals surface area (Å²) < 4.78 is 5.70. The molecule has 2 aromatic carbocycles. The SMILES string of the molecule is CC(=O)C[C@]1(O)C(=O)N(CCOc2ccccc2Cl)c2c(C)cc(C)cc21. The normalized spacial score (nSPS) is 18.6. The Morgan fingerprint density at radius 1 is 1.26 bits per heavy atom. The molecule has 142 valence electrons. The maximum atomic E-state index is 13.0. The van der Waals surface area contributed by atoms with Gasteiger partial charge in [0.05, 0.1) is 17.3 Å². The number of benzene rings is 2. The number of rotatable bonds is 6. The standard InChI is InChI=1S/C21H22ClNO4/c1-13-10-14(2)19-16(11-13)21(26,12-15(3)24)20(25)23(19)8-9-27-18-7-5-4-6-17(18)22/h4-7,10-11,26H,8-9,12H2,1-3H3/t21-/m1/s1. The van der Waals surface area contributed by atoms with Crippen LogP contribution in [0.1, 0.15) is 30.0 Å². The lowest BCUT2D eigenvalue weighted by Crippen LogP contribution is -2.43. The molecule has 3 rings (SSSR count). The van der Waals surface area contributed by atoms with E-state index in [0.717, 1.165) is 11.1 Å². The summed E-state index contributed by atoms with van der Waals surface area (Å²) in [5.41, 5.74) is 1.10. The Morgan fingerprint density at radius 2 is 1.96 bits per heavy atom. The highest BCUT2D eigenvalue weighted by molar-refractivity contribution is 6.32. The molecule has 0 aliphatic carbocycles. The summed E-state index contributed by atoms with van der Waals surface area (Å²) >= 11 is 6.09. The number of aliphatic hydroxyl groups is 1. The Bertz CT molecular complexity index is 911. The fourth-order valence-corrected chi connectivity index (χ4v) is 3.82. The fraction of sp³-hybridized carbons (Fsp3) is 0.333. The zero-order valence-corrected chi connectivity index (χ0v) is 16.3. The van der Waals surface area contributed by atoms with Gasteiger partial charge in [-0.3, -0.25) is 9.59 Å². The molecular formula is C21H22ClNO4. The van der Waals surface area contributed by atoms with Crippen molar-refractivity contribution in [3.8, 4) is 5.75 Å². The predicted molar refractivity (Wildman–Crippen MR) is 104 cm³/mol. The van der Waals surface area contributed by atoms with E-state index in [1.165, 1.54) is 11.8 Å². The number of aryl methyl sites for hydroxylation is 2. The van der Waals surface area contributed by atoms with Crippen molar-refractivity contribution in [2.45, 2.75) is 32.8 Å². The third-order valence-electron chi connectivity index (χ3n) is 4.67. The van der Waals surface area contributed by atoms with Crippen LogP contribution in [-0.4, -0.2) is 29.9 Å². The first-order valence-corrected chi connectivity index (χ1v) is 9.14. The molecule has 0 saturated carbocycles. The van der Waals surface area contributed by atoms with E-state index in [9.17, 15) is 14.7 Å². The summed E-state index contributed by atoms with van der Waals surface area (Å²) in [6, 6.07) is 10.8. The topological polar surface area (TPSA) is 66.8 Å². The van der Waals surface area contributed by atoms with Gasteiger partial charge in [0.15, 0.2) is 5.60 Å². The maximum absolute atomic E-state index is 13.0. The Labute approximate surface area is 163 Å². The minimum absolute atomic E-state index is 0.207. The van der Waals surface area contributed by atoms with Crippen LogP contribution in [0.5, 0.6) is 5.75 Å². The van der Waals surface area contributed by atoms with Crippen molar-refractivity contribution in [3.63, 3.8) is 0 Å². The molecule has 0 radical (unpaired) electrons. The summed E-state index contributed by atoms with van der Waals surface area (Å²) in [5.74, 6) is -0.208. The Morgan fingerprint density at radius 3 is 2.63 bits per heavy atom. The van der Waals surface area contributed by atoms with Gasteiger partial charge in [0, 0.05) is 12.0 Å². The van der Waals surface area contributed by atoms with Crippen molar-refractivity contribution in [2.24, 2.45) is 0 Å². The van der Waals surface area contributed by atoms with Crippen LogP contribution >= 0.6 is 11.6 Å². The molecule has 6 heteroatoms. The zero-order chi connectivity index (χ0) is 19.8. The molecule has 1 heterocycles. The summed E-state index contributed by atoms with van der Waals surface area (Å²) in [7, 11) is 0. The van der Waals surface area contributed by atoms with Gasteiger partial charge in [-0.2, -0.15) is 0 Å². The second-order valence-electron chi connectivity index (χ2n) is 6.95. The van der Waals surface area contributed by atoms with Gasteiger partial charge in [0.2, 0.25) is 0 Å². The van der Waals surface area contributed by atoms with Crippen LogP contribution < -0.4 is 9.64 Å². The van der Waals surface area contributed by atoms with Gasteiger partial charge in [0.25, 0.3) is 5.91 Å². The van der Waals surface area contributed by atoms with Crippen LogP contribution in [0.15, 0.2) is 36.4 Å². The molecule has 0 aromatic heterocycles. The van der Waals surface area contributed by atoms with E-state index in [1.807, 2.05) is 32.0 Å². The van der Waals surface area contributed by atoms with Crippen LogP contribution in [0.25, 0.3) is 0 Å². The summed E-state index contributed by atoms with van der Waals surface area (Å²) in [6.07, 6.45) is -0.246. The molecule has 27 heavy (non-hydrogen) atoms. The van der Waals surface area contributed by atoms with E-state index < -0.39 is 11.5 Å². The van der Waals surface area contributed by atoms with Crippen molar-refractivity contribution in [1.82, 2.24) is 0 Å². The molecule has 1 aliphatic heterocycles. The lowest BCUT2D eigenvalue weighted by atomic mass is 9.88. The Balaban J connectivity index is 1.89. The minimum atomic E-state index is -1.83. The molecule has 1 amide bonds. The molecule has 0 bridgehead atoms. The van der Waals surface area contributed by atoms with Gasteiger partial charge in [0.1, 0.15) is 18.1 Å². The number of ether oxygens (including phenoxy) is 1. The van der Waals surface area contributed by atoms with Crippen LogP contribution in [0.3, 0.4) is 0 Å². The van der Waals surface area contributed by atoms with E-state index in [-0.39, 0.29) is 25.4 Å². The van der Waals surface area contributed by atoms with E-state index in [0.29, 0.717) is 22.0 Å². The molecule has 2 aromatic rings. The van der Waals surface area contributed by atoms with Crippen LogP contribution in [-0.2, 0) is 15.2 Å². The number of ketones is 1. The molecule has 5 nitrogen and oxygen atoms in total. The van der Waals surface area contributed by atoms with Crippen LogP contribution in [0, 0.1) is 13.8 Å². The molecule has 0 saturated heterocycles. The minimum Gasteiger partial charge on any atom is -0.490 e. The van der Waals surface area contributed by atoms with Gasteiger partial charge in [-0.25, -0.2) is 0 Å². The summed E-state index contributed by atoms with van der Waals surface area (Å²) in [5, 5.41) is 11.6. The number of Topliss-reactive ketones (excluding diaryl/α,β-unsaturated/α-hetero) is 1. The van der Waals surface area contributed by atoms with Gasteiger partial charge >= 0.3 is 0 Å². The number of para-hydroxylation sites is 1. The van der Waals surface area contributed by atoms with Crippen molar-refractivity contribution >= 4 is 29.0 Å². The molecule has 0 fully saturated rings. The number of amides is 1. The number of halogens is 1. The van der Waals surface area contributed by atoms with Crippen molar-refractivity contribution < 1.29 is 19.4 Å². The largest absolute Gasteiger partial charge is 0.490 e. The van der Waals surface area contributed by atoms with Crippen molar-refractivity contribution in [3.05, 3.63) is 58.1 Å². The van der Waals surface area contributed by atoms with Gasteiger partial charge < -0.3 is 14.7 Å². The lowest BCUT2D eigenvalue weighted by Gasteiger charge is -2.22. The number of hydrogen-bond donors (Lipinski definition) is 1. The van der Waals surface area contributed by atoms with E-state index >= 15 is 0 Å². The van der Waals surface area contributed by atoms with Crippen LogP contribution in [0.2, 0.25) is 5.02 Å². The highest BCUT2D eigenvalue weighted by Gasteiger charge is 2.50. The van der Waals surface area contributed by atoms with Gasteiger partial charge in [-0.05, 0) is 38.5 Å². The first-order chi connectivity index (χ1) is 12.7. The number of hydrogen-bond acceptors (Lipinski definition) is 4. The van der Waals surface area contributed by atoms with E-state index in [1.54, 1.807) is 18.2 Å². The number of carbonyl (C=O) groups is 2. The van der Waals surface area contributed by atoms with E-state index in [2.05, 4.69) is 0 Å². The third kappa shape index (κ3) is 3.57. The number of fused-ring (bicyclic) bond motifs is 1. The predicted octanol–water partition coefficient (Wildman–Crippen LogP) is 3.55. The molecule has 1 N–H and O–H groups in total. The molecule has 0 unspecified atom stereocenters. The monoisotopic (exact) mass is 387 g/mol. The molecule has 1 aliphatic rings. The number of carbonyl (C=O) groups excluding carboxylic acids is 2. The first kappa shape index (κ1) is 19.4. The average Bonchev–Trinajstić information content (AvgIpc) is 2.78. The fourth-order valence-electron chi connectivity index (χ4n) is 3.63. The van der Waals surface area contributed by atoms with Crippen molar-refractivity contribution in [1.29, 1.82) is 0 Å². The highest BCUT2D eigenvalue weighted by Crippen LogP contribution is 2.44. The Kier molecular flexibility index (Phi) is 5.27. The highest BCUT2D eigenvalue weighted by atomic mass is 35.5. The maximum Gasteiger partial charge on any atom is 0.264 e. The molecular weight excluding hydrogens is 366 g/mol. The number of anilines is 1. The second kappa shape index (κ2) is 7.33. The lowest BCUT2D eigenvalue weighted by molar-refractivity contribution is -0.141. The first-order valence-electron chi connectivity index (χ1n) is 8.77. The molecule has 0 spiro atoms. The third-order valence-corrected chi connectivity index (χ3v) is 4.99. The average molecular weight is 388 g/mol. The smallest absolute Gasteiger partial charge is 0.264 e. The zero-order valence-electron chi connectivity index (χ0n) is 15.6. The van der Waals surface area contributed by atoms with Crippen LogP contribution in [0.4, 0.5) is 5.69 Å². The van der Waals surface area contributed by atoms with Crippen molar-refractivity contribution in [2.75, 3.05) is 18.1 Å².